The summed E-state index contributed by atoms with van der Waals surface area (Å²) in [5.41, 5.74) is 9.58. The monoisotopic (exact) mass is 243 g/mol. The number of nitrogens with zero attached hydrogens (tertiary/aromatic N) is 1. The number of nitrogens with two attached hydrogens (primary N) is 1. The zero-order valence-corrected chi connectivity index (χ0v) is 10.9. The summed E-state index contributed by atoms with van der Waals surface area (Å²) in [4.78, 5) is 7.77. The molecular weight excluding hydrogens is 222 g/mol. The van der Waals surface area contributed by atoms with Crippen molar-refractivity contribution in [2.45, 2.75) is 38.5 Å². The van der Waals surface area contributed by atoms with Crippen LogP contribution >= 0.6 is 0 Å². The van der Waals surface area contributed by atoms with E-state index in [2.05, 4.69) is 28.2 Å². The molecule has 0 aliphatic heterocycles. The van der Waals surface area contributed by atoms with E-state index in [0.29, 0.717) is 5.92 Å². The zero-order chi connectivity index (χ0) is 12.5. The average molecular weight is 243 g/mol. The summed E-state index contributed by atoms with van der Waals surface area (Å²) in [5, 5.41) is 0. The maximum atomic E-state index is 6.01. The second-order valence-electron chi connectivity index (χ2n) is 5.49. The molecule has 0 bridgehead atoms. The molecule has 0 radical (unpaired) electrons. The molecule has 1 fully saturated rings. The molecule has 1 aliphatic rings. The lowest BCUT2D eigenvalue weighted by Gasteiger charge is -2.22. The molecule has 0 spiro atoms. The molecule has 0 amide bonds. The maximum absolute atomic E-state index is 6.01. The molecule has 96 valence electrons. The van der Waals surface area contributed by atoms with E-state index in [1.165, 1.54) is 31.2 Å². The molecule has 1 heterocycles. The first-order chi connectivity index (χ1) is 8.78. The summed E-state index contributed by atoms with van der Waals surface area (Å²) in [7, 11) is 0. The fraction of sp³-hybridized carbons (Fsp3) is 0.533. The van der Waals surface area contributed by atoms with Crippen LogP contribution in [-0.2, 0) is 0 Å². The van der Waals surface area contributed by atoms with Crippen molar-refractivity contribution in [3.63, 3.8) is 0 Å². The van der Waals surface area contributed by atoms with Crippen LogP contribution in [-0.4, -0.2) is 16.5 Å². The predicted molar refractivity (Wildman–Crippen MR) is 74.6 cm³/mol. The van der Waals surface area contributed by atoms with Crippen LogP contribution in [0.15, 0.2) is 18.2 Å². The summed E-state index contributed by atoms with van der Waals surface area (Å²) < 4.78 is 0. The number of fused-ring (bicyclic) bond motifs is 1. The Balaban J connectivity index is 1.95. The van der Waals surface area contributed by atoms with Crippen LogP contribution in [0.1, 0.15) is 43.0 Å². The Kier molecular flexibility index (Phi) is 3.08. The smallest absolute Gasteiger partial charge is 0.104 e. The lowest BCUT2D eigenvalue weighted by molar-refractivity contribution is 0.440. The Bertz CT molecular complexity index is 538. The molecule has 18 heavy (non-hydrogen) atoms. The minimum absolute atomic E-state index is 0.514. The van der Waals surface area contributed by atoms with E-state index in [9.17, 15) is 0 Å². The number of aromatic amines is 1. The second-order valence-corrected chi connectivity index (χ2v) is 5.49. The largest absolute Gasteiger partial charge is 0.342 e. The van der Waals surface area contributed by atoms with Crippen molar-refractivity contribution in [2.24, 2.45) is 11.7 Å². The van der Waals surface area contributed by atoms with Gasteiger partial charge in [-0.05, 0) is 55.8 Å². The standard InChI is InChI=1S/C15H21N3/c1-10-17-14-7-6-12(8-15(14)18-10)13(9-16)11-4-2-3-5-11/h6-8,11,13H,2-5,9,16H2,1H3,(H,17,18). The number of hydrogen-bond acceptors (Lipinski definition) is 2. The highest BCUT2D eigenvalue weighted by molar-refractivity contribution is 5.76. The Hall–Kier alpha value is -1.35. The van der Waals surface area contributed by atoms with Gasteiger partial charge in [0.05, 0.1) is 11.0 Å². The Morgan fingerprint density at radius 3 is 2.89 bits per heavy atom. The number of benzene rings is 1. The average Bonchev–Trinajstić information content (AvgIpc) is 2.97. The van der Waals surface area contributed by atoms with Gasteiger partial charge in [-0.25, -0.2) is 4.98 Å². The number of imidazole rings is 1. The fourth-order valence-electron chi connectivity index (χ4n) is 3.35. The highest BCUT2D eigenvalue weighted by Crippen LogP contribution is 2.37. The van der Waals surface area contributed by atoms with Crippen LogP contribution < -0.4 is 5.73 Å². The van der Waals surface area contributed by atoms with Crippen LogP contribution in [0.2, 0.25) is 0 Å². The summed E-state index contributed by atoms with van der Waals surface area (Å²) in [6.45, 7) is 2.75. The topological polar surface area (TPSA) is 54.7 Å². The molecule has 1 unspecified atom stereocenters. The number of nitrogens with one attached hydrogen (secondary N) is 1. The molecule has 1 saturated carbocycles. The van der Waals surface area contributed by atoms with Gasteiger partial charge in [-0.2, -0.15) is 0 Å². The van der Waals surface area contributed by atoms with Gasteiger partial charge in [-0.15, -0.1) is 0 Å². The molecule has 3 rings (SSSR count). The van der Waals surface area contributed by atoms with Crippen molar-refractivity contribution in [1.29, 1.82) is 0 Å². The third-order valence-corrected chi connectivity index (χ3v) is 4.28. The van der Waals surface area contributed by atoms with Crippen LogP contribution in [0.3, 0.4) is 0 Å². The number of hydrogen-bond donors (Lipinski definition) is 2. The van der Waals surface area contributed by atoms with Gasteiger partial charge in [0, 0.05) is 0 Å². The van der Waals surface area contributed by atoms with Crippen LogP contribution in [0, 0.1) is 12.8 Å². The number of rotatable bonds is 3. The highest BCUT2D eigenvalue weighted by Gasteiger charge is 2.25. The van der Waals surface area contributed by atoms with E-state index in [0.717, 1.165) is 29.3 Å². The third-order valence-electron chi connectivity index (χ3n) is 4.28. The van der Waals surface area contributed by atoms with Crippen LogP contribution in [0.4, 0.5) is 0 Å². The second kappa shape index (κ2) is 4.73. The lowest BCUT2D eigenvalue weighted by Crippen LogP contribution is -2.19. The van der Waals surface area contributed by atoms with Crippen molar-refractivity contribution >= 4 is 11.0 Å². The minimum atomic E-state index is 0.514. The van der Waals surface area contributed by atoms with E-state index in [1.54, 1.807) is 0 Å². The number of aryl methyl sites for hydroxylation is 1. The highest BCUT2D eigenvalue weighted by atomic mass is 14.9. The van der Waals surface area contributed by atoms with E-state index < -0.39 is 0 Å². The molecule has 2 aromatic rings. The molecule has 1 aromatic heterocycles. The van der Waals surface area contributed by atoms with Gasteiger partial charge < -0.3 is 10.7 Å². The quantitative estimate of drug-likeness (QED) is 0.870. The Labute approximate surface area is 108 Å². The van der Waals surface area contributed by atoms with Gasteiger partial charge in [0.15, 0.2) is 0 Å². The molecule has 1 aromatic carbocycles. The molecule has 3 N–H and O–H groups in total. The van der Waals surface area contributed by atoms with E-state index in [4.69, 9.17) is 5.73 Å². The maximum Gasteiger partial charge on any atom is 0.104 e. The van der Waals surface area contributed by atoms with Crippen molar-refractivity contribution in [1.82, 2.24) is 9.97 Å². The fourth-order valence-corrected chi connectivity index (χ4v) is 3.35. The van der Waals surface area contributed by atoms with E-state index in [-0.39, 0.29) is 0 Å². The van der Waals surface area contributed by atoms with Gasteiger partial charge in [-0.3, -0.25) is 0 Å². The lowest BCUT2D eigenvalue weighted by atomic mass is 9.85. The first-order valence-electron chi connectivity index (χ1n) is 6.94. The third kappa shape index (κ3) is 2.03. The zero-order valence-electron chi connectivity index (χ0n) is 10.9. The minimum Gasteiger partial charge on any atom is -0.342 e. The van der Waals surface area contributed by atoms with Crippen molar-refractivity contribution in [3.05, 3.63) is 29.6 Å². The Morgan fingerprint density at radius 1 is 1.39 bits per heavy atom. The number of H-pyrrole nitrogens is 1. The van der Waals surface area contributed by atoms with Gasteiger partial charge >= 0.3 is 0 Å². The normalized spacial score (nSPS) is 18.6. The van der Waals surface area contributed by atoms with Crippen molar-refractivity contribution in [2.75, 3.05) is 6.54 Å². The Morgan fingerprint density at radius 2 is 2.17 bits per heavy atom. The molecule has 1 atom stereocenters. The molecule has 1 aliphatic carbocycles. The summed E-state index contributed by atoms with van der Waals surface area (Å²) in [6, 6.07) is 6.56. The van der Waals surface area contributed by atoms with Crippen LogP contribution in [0.25, 0.3) is 11.0 Å². The molecular formula is C15H21N3. The van der Waals surface area contributed by atoms with Gasteiger partial charge in [-0.1, -0.05) is 18.9 Å². The predicted octanol–water partition coefficient (Wildman–Crippen LogP) is 3.10. The van der Waals surface area contributed by atoms with Gasteiger partial charge in [0.2, 0.25) is 0 Å². The first-order valence-corrected chi connectivity index (χ1v) is 6.94. The summed E-state index contributed by atoms with van der Waals surface area (Å²) >= 11 is 0. The molecule has 3 nitrogen and oxygen atoms in total. The van der Waals surface area contributed by atoms with Gasteiger partial charge in [0.25, 0.3) is 0 Å². The molecule has 3 heteroatoms. The summed E-state index contributed by atoms with van der Waals surface area (Å²) in [5.74, 6) is 2.27. The van der Waals surface area contributed by atoms with E-state index >= 15 is 0 Å². The van der Waals surface area contributed by atoms with Crippen LogP contribution in [0.5, 0.6) is 0 Å². The van der Waals surface area contributed by atoms with Crippen molar-refractivity contribution in [3.8, 4) is 0 Å². The van der Waals surface area contributed by atoms with E-state index in [1.807, 2.05) is 6.92 Å². The first kappa shape index (κ1) is 11.7. The van der Waals surface area contributed by atoms with Crippen molar-refractivity contribution < 1.29 is 0 Å². The SMILES string of the molecule is Cc1nc2ccc(C(CN)C3CCCC3)cc2[nH]1. The molecule has 0 saturated heterocycles. The van der Waals surface area contributed by atoms with Gasteiger partial charge in [0.1, 0.15) is 5.82 Å². The summed E-state index contributed by atoms with van der Waals surface area (Å²) in [6.07, 6.45) is 5.41. The number of aromatic nitrogens is 2.